The number of carboxylic acids is 1. The summed E-state index contributed by atoms with van der Waals surface area (Å²) in [5.41, 5.74) is 0.998. The van der Waals surface area contributed by atoms with Gasteiger partial charge in [-0.25, -0.2) is 9.59 Å². The van der Waals surface area contributed by atoms with Crippen molar-refractivity contribution in [1.29, 1.82) is 0 Å². The van der Waals surface area contributed by atoms with Crippen LogP contribution in [-0.4, -0.2) is 57.9 Å². The smallest absolute Gasteiger partial charge is 0.326 e. The first kappa shape index (κ1) is 16.9. The van der Waals surface area contributed by atoms with Crippen LogP contribution in [0.4, 0.5) is 4.79 Å². The Bertz CT molecular complexity index is 717. The van der Waals surface area contributed by atoms with Gasteiger partial charge in [-0.05, 0) is 37.0 Å². The number of likely N-dealkylation sites (tertiary alicyclic amines) is 1. The van der Waals surface area contributed by atoms with Crippen LogP contribution in [0.5, 0.6) is 0 Å². The highest BCUT2D eigenvalue weighted by molar-refractivity contribution is 6.02. The lowest BCUT2D eigenvalue weighted by Crippen LogP contribution is -2.48. The van der Waals surface area contributed by atoms with Crippen molar-refractivity contribution in [3.8, 4) is 0 Å². The zero-order valence-electron chi connectivity index (χ0n) is 13.6. The summed E-state index contributed by atoms with van der Waals surface area (Å²) in [5.74, 6) is -1.65. The van der Waals surface area contributed by atoms with E-state index in [4.69, 9.17) is 0 Å². The van der Waals surface area contributed by atoms with Gasteiger partial charge in [0.05, 0.1) is 13.1 Å². The van der Waals surface area contributed by atoms with Crippen molar-refractivity contribution in [3.63, 3.8) is 0 Å². The zero-order chi connectivity index (χ0) is 18.0. The number of aliphatic carboxylic acids is 1. The van der Waals surface area contributed by atoms with Crippen LogP contribution in [0, 0.1) is 0 Å². The highest BCUT2D eigenvalue weighted by Gasteiger charge is 2.33. The second-order valence-corrected chi connectivity index (χ2v) is 6.19. The minimum Gasteiger partial charge on any atom is -0.480 e. The number of nitrogens with zero attached hydrogens (tertiary/aromatic N) is 2. The summed E-state index contributed by atoms with van der Waals surface area (Å²) < 4.78 is 0. The fourth-order valence-corrected chi connectivity index (χ4v) is 3.20. The lowest BCUT2D eigenvalue weighted by atomic mass is 10.0. The summed E-state index contributed by atoms with van der Waals surface area (Å²) in [5, 5.41) is 11.8. The summed E-state index contributed by atoms with van der Waals surface area (Å²) in [7, 11) is 0. The van der Waals surface area contributed by atoms with Gasteiger partial charge < -0.3 is 15.3 Å². The van der Waals surface area contributed by atoms with E-state index < -0.39 is 18.0 Å². The number of imide groups is 1. The molecule has 132 valence electrons. The van der Waals surface area contributed by atoms with Crippen LogP contribution in [0.3, 0.4) is 0 Å². The maximum atomic E-state index is 12.7. The van der Waals surface area contributed by atoms with E-state index in [1.807, 2.05) is 0 Å². The number of piperidine rings is 1. The molecule has 8 heteroatoms. The number of hydrogen-bond acceptors (Lipinski definition) is 4. The third-order valence-corrected chi connectivity index (χ3v) is 4.50. The van der Waals surface area contributed by atoms with Crippen LogP contribution in [0.2, 0.25) is 0 Å². The van der Waals surface area contributed by atoms with Crippen molar-refractivity contribution in [2.45, 2.75) is 31.8 Å². The maximum Gasteiger partial charge on any atom is 0.326 e. The van der Waals surface area contributed by atoms with E-state index in [0.717, 1.165) is 17.7 Å². The van der Waals surface area contributed by atoms with Gasteiger partial charge in [0.15, 0.2) is 0 Å². The lowest BCUT2D eigenvalue weighted by molar-refractivity contribution is -0.143. The maximum absolute atomic E-state index is 12.7. The standard InChI is InChI=1S/C17H19N3O5/c21-14-9-18-17(25)20(14)10-11-4-3-5-12(8-11)15(22)19-7-2-1-6-13(19)16(23)24/h3-5,8,13H,1-2,6-7,9-10H2,(H,18,25)(H,23,24). The molecule has 25 heavy (non-hydrogen) atoms. The molecule has 2 heterocycles. The van der Waals surface area contributed by atoms with Gasteiger partial charge in [-0.2, -0.15) is 0 Å². The van der Waals surface area contributed by atoms with E-state index in [0.29, 0.717) is 24.1 Å². The van der Waals surface area contributed by atoms with Crippen LogP contribution >= 0.6 is 0 Å². The van der Waals surface area contributed by atoms with E-state index in [1.54, 1.807) is 24.3 Å². The number of hydrogen-bond donors (Lipinski definition) is 2. The molecule has 1 atom stereocenters. The summed E-state index contributed by atoms with van der Waals surface area (Å²) in [6.45, 7) is 0.465. The molecule has 0 aromatic heterocycles. The molecule has 0 saturated carbocycles. The SMILES string of the molecule is O=C(O)C1CCCCN1C(=O)c1cccc(CN2C(=O)CNC2=O)c1. The number of carbonyl (C=O) groups is 4. The van der Waals surface area contributed by atoms with Crippen LogP contribution < -0.4 is 5.32 Å². The van der Waals surface area contributed by atoms with Gasteiger partial charge in [-0.3, -0.25) is 14.5 Å². The van der Waals surface area contributed by atoms with Crippen LogP contribution in [-0.2, 0) is 16.1 Å². The first-order valence-corrected chi connectivity index (χ1v) is 8.18. The Labute approximate surface area is 144 Å². The molecule has 1 aromatic rings. The second kappa shape index (κ2) is 6.92. The van der Waals surface area contributed by atoms with Crippen LogP contribution in [0.15, 0.2) is 24.3 Å². The Morgan fingerprint density at radius 2 is 2.04 bits per heavy atom. The van der Waals surface area contributed by atoms with Gasteiger partial charge in [0.2, 0.25) is 5.91 Å². The van der Waals surface area contributed by atoms with Gasteiger partial charge in [0, 0.05) is 12.1 Å². The normalized spacial score (nSPS) is 20.6. The molecule has 3 rings (SSSR count). The molecule has 0 bridgehead atoms. The average molecular weight is 345 g/mol. The highest BCUT2D eigenvalue weighted by atomic mass is 16.4. The molecule has 2 fully saturated rings. The van der Waals surface area contributed by atoms with Gasteiger partial charge >= 0.3 is 12.0 Å². The minimum absolute atomic E-state index is 0.0223. The number of rotatable bonds is 4. The molecular weight excluding hydrogens is 326 g/mol. The monoisotopic (exact) mass is 345 g/mol. The summed E-state index contributed by atoms with van der Waals surface area (Å²) >= 11 is 0. The third-order valence-electron chi connectivity index (χ3n) is 4.50. The van der Waals surface area contributed by atoms with Gasteiger partial charge in [0.1, 0.15) is 6.04 Å². The Kier molecular flexibility index (Phi) is 4.69. The Morgan fingerprint density at radius 1 is 1.24 bits per heavy atom. The third kappa shape index (κ3) is 3.47. The van der Waals surface area contributed by atoms with Gasteiger partial charge in [0.25, 0.3) is 5.91 Å². The quantitative estimate of drug-likeness (QED) is 0.786. The van der Waals surface area contributed by atoms with Gasteiger partial charge in [-0.15, -0.1) is 0 Å². The predicted molar refractivity (Wildman–Crippen MR) is 86.7 cm³/mol. The fraction of sp³-hybridized carbons (Fsp3) is 0.412. The Morgan fingerprint density at radius 3 is 2.72 bits per heavy atom. The van der Waals surface area contributed by atoms with E-state index in [9.17, 15) is 24.3 Å². The topological polar surface area (TPSA) is 107 Å². The molecule has 2 N–H and O–H groups in total. The molecule has 8 nitrogen and oxygen atoms in total. The van der Waals surface area contributed by atoms with E-state index in [1.165, 1.54) is 4.90 Å². The molecular formula is C17H19N3O5. The van der Waals surface area contributed by atoms with Crippen molar-refractivity contribution in [2.75, 3.05) is 13.1 Å². The molecule has 0 spiro atoms. The number of carboxylic acid groups (broad SMARTS) is 1. The first-order chi connectivity index (χ1) is 12.0. The molecule has 2 aliphatic heterocycles. The number of amides is 4. The average Bonchev–Trinajstić information content (AvgIpc) is 2.93. The van der Waals surface area contributed by atoms with E-state index in [-0.39, 0.29) is 24.9 Å². The number of benzene rings is 1. The number of carbonyl (C=O) groups excluding carboxylic acids is 3. The van der Waals surface area contributed by atoms with Crippen LogP contribution in [0.25, 0.3) is 0 Å². The summed E-state index contributed by atoms with van der Waals surface area (Å²) in [6, 6.07) is 5.35. The Hall–Kier alpha value is -2.90. The molecule has 2 saturated heterocycles. The van der Waals surface area contributed by atoms with Crippen LogP contribution in [0.1, 0.15) is 35.2 Å². The summed E-state index contributed by atoms with van der Waals surface area (Å²) in [4.78, 5) is 49.9. The van der Waals surface area contributed by atoms with Gasteiger partial charge in [-0.1, -0.05) is 12.1 Å². The first-order valence-electron chi connectivity index (χ1n) is 8.18. The molecule has 4 amide bonds. The molecule has 0 radical (unpaired) electrons. The van der Waals surface area contributed by atoms with Crippen molar-refractivity contribution < 1.29 is 24.3 Å². The minimum atomic E-state index is -0.997. The van der Waals surface area contributed by atoms with Crippen molar-refractivity contribution in [2.24, 2.45) is 0 Å². The zero-order valence-corrected chi connectivity index (χ0v) is 13.6. The number of nitrogens with one attached hydrogen (secondary N) is 1. The molecule has 1 unspecified atom stereocenters. The predicted octanol–water partition coefficient (Wildman–Crippen LogP) is 0.818. The van der Waals surface area contributed by atoms with Crippen molar-refractivity contribution >= 4 is 23.8 Å². The lowest BCUT2D eigenvalue weighted by Gasteiger charge is -2.33. The fourth-order valence-electron chi connectivity index (χ4n) is 3.20. The Balaban J connectivity index is 1.78. The highest BCUT2D eigenvalue weighted by Crippen LogP contribution is 2.21. The van der Waals surface area contributed by atoms with Crippen molar-refractivity contribution in [3.05, 3.63) is 35.4 Å². The largest absolute Gasteiger partial charge is 0.480 e. The number of urea groups is 1. The molecule has 0 aliphatic carbocycles. The molecule has 1 aromatic carbocycles. The summed E-state index contributed by atoms with van der Waals surface area (Å²) in [6.07, 6.45) is 2.01. The van der Waals surface area contributed by atoms with E-state index in [2.05, 4.69) is 5.32 Å². The van der Waals surface area contributed by atoms with E-state index >= 15 is 0 Å². The molecule has 2 aliphatic rings. The van der Waals surface area contributed by atoms with Crippen molar-refractivity contribution in [1.82, 2.24) is 15.1 Å². The second-order valence-electron chi connectivity index (χ2n) is 6.19.